The fraction of sp³-hybridized carbons (Fsp3) is 0.333. The van der Waals surface area contributed by atoms with Gasteiger partial charge in [-0.2, -0.15) is 0 Å². The van der Waals surface area contributed by atoms with Crippen molar-refractivity contribution < 1.29 is 19.4 Å². The molecular formula is C24H27BrN2O4. The molecule has 1 heterocycles. The number of likely N-dealkylation sites (tertiary alicyclic amines) is 1. The highest BCUT2D eigenvalue weighted by Crippen LogP contribution is 2.40. The molecule has 1 atom stereocenters. The fourth-order valence-corrected chi connectivity index (χ4v) is 3.94. The number of likely N-dealkylation sites (N-methyl/N-ethyl adjacent to an activating group) is 1. The molecule has 164 valence electrons. The molecule has 0 aromatic heterocycles. The Bertz CT molecular complexity index is 985. The zero-order chi connectivity index (χ0) is 22.5. The lowest BCUT2D eigenvalue weighted by Gasteiger charge is -2.26. The lowest BCUT2D eigenvalue weighted by molar-refractivity contribution is -0.140. The second-order valence-electron chi connectivity index (χ2n) is 7.72. The maximum absolute atomic E-state index is 13.0. The van der Waals surface area contributed by atoms with Crippen molar-refractivity contribution in [1.29, 1.82) is 0 Å². The minimum atomic E-state index is -0.674. The van der Waals surface area contributed by atoms with E-state index in [1.54, 1.807) is 24.3 Å². The third kappa shape index (κ3) is 5.17. The Morgan fingerprint density at radius 3 is 2.48 bits per heavy atom. The van der Waals surface area contributed by atoms with E-state index in [-0.39, 0.29) is 11.3 Å². The smallest absolute Gasteiger partial charge is 0.295 e. The van der Waals surface area contributed by atoms with Gasteiger partial charge in [0.2, 0.25) is 0 Å². The number of Topliss-reactive ketones (excluding diaryl/α,β-unsaturated/α-hetero) is 1. The van der Waals surface area contributed by atoms with Crippen LogP contribution in [0.2, 0.25) is 0 Å². The van der Waals surface area contributed by atoms with Crippen molar-refractivity contribution in [2.75, 3.05) is 33.8 Å². The Hall–Kier alpha value is -2.64. The summed E-state index contributed by atoms with van der Waals surface area (Å²) in [4.78, 5) is 29.4. The number of ketones is 1. The van der Waals surface area contributed by atoms with Crippen LogP contribution in [0.3, 0.4) is 0 Å². The van der Waals surface area contributed by atoms with Crippen molar-refractivity contribution in [2.45, 2.75) is 19.4 Å². The first-order chi connectivity index (χ1) is 14.8. The first-order valence-electron chi connectivity index (χ1n) is 10.2. The van der Waals surface area contributed by atoms with Crippen molar-refractivity contribution in [1.82, 2.24) is 9.80 Å². The van der Waals surface area contributed by atoms with Crippen molar-refractivity contribution >= 4 is 33.4 Å². The summed E-state index contributed by atoms with van der Waals surface area (Å²) < 4.78 is 6.43. The van der Waals surface area contributed by atoms with Crippen LogP contribution in [0.4, 0.5) is 0 Å². The normalized spacial score (nSPS) is 18.1. The summed E-state index contributed by atoms with van der Waals surface area (Å²) in [5.74, 6) is -0.769. The quantitative estimate of drug-likeness (QED) is 0.343. The van der Waals surface area contributed by atoms with E-state index >= 15 is 0 Å². The molecule has 1 fully saturated rings. The fourth-order valence-electron chi connectivity index (χ4n) is 3.53. The highest BCUT2D eigenvalue weighted by molar-refractivity contribution is 9.10. The van der Waals surface area contributed by atoms with Gasteiger partial charge < -0.3 is 19.6 Å². The number of carbonyl (C=O) groups is 2. The van der Waals surface area contributed by atoms with E-state index in [1.165, 1.54) is 4.90 Å². The number of nitrogens with zero attached hydrogens (tertiary/aromatic N) is 2. The van der Waals surface area contributed by atoms with Gasteiger partial charge in [0, 0.05) is 23.1 Å². The van der Waals surface area contributed by atoms with E-state index < -0.39 is 17.7 Å². The van der Waals surface area contributed by atoms with Gasteiger partial charge in [-0.1, -0.05) is 35.0 Å². The van der Waals surface area contributed by atoms with Gasteiger partial charge in [0.15, 0.2) is 0 Å². The van der Waals surface area contributed by atoms with Crippen LogP contribution >= 0.6 is 15.9 Å². The van der Waals surface area contributed by atoms with Gasteiger partial charge in [0.1, 0.15) is 11.5 Å². The number of hydrogen-bond acceptors (Lipinski definition) is 5. The molecule has 7 heteroatoms. The Morgan fingerprint density at radius 1 is 1.16 bits per heavy atom. The number of amides is 1. The second-order valence-corrected chi connectivity index (χ2v) is 8.64. The van der Waals surface area contributed by atoms with Gasteiger partial charge in [-0.25, -0.2) is 0 Å². The van der Waals surface area contributed by atoms with Gasteiger partial charge in [-0.05, 0) is 62.5 Å². The van der Waals surface area contributed by atoms with Crippen LogP contribution in [0.1, 0.15) is 30.5 Å². The molecule has 1 unspecified atom stereocenters. The lowest BCUT2D eigenvalue weighted by atomic mass is 9.95. The van der Waals surface area contributed by atoms with Crippen molar-refractivity contribution in [3.05, 3.63) is 69.7 Å². The minimum Gasteiger partial charge on any atom is -0.507 e. The maximum atomic E-state index is 13.0. The Balaban J connectivity index is 2.06. The number of halogens is 1. The molecule has 0 saturated carbocycles. The number of carbonyl (C=O) groups excluding carboxylic acids is 2. The van der Waals surface area contributed by atoms with E-state index in [9.17, 15) is 14.7 Å². The van der Waals surface area contributed by atoms with Gasteiger partial charge in [0.25, 0.3) is 11.7 Å². The summed E-state index contributed by atoms with van der Waals surface area (Å²) in [7, 11) is 3.82. The van der Waals surface area contributed by atoms with Gasteiger partial charge in [0.05, 0.1) is 18.2 Å². The largest absolute Gasteiger partial charge is 0.507 e. The van der Waals surface area contributed by atoms with E-state index in [4.69, 9.17) is 4.74 Å². The van der Waals surface area contributed by atoms with E-state index in [0.717, 1.165) is 16.5 Å². The second kappa shape index (κ2) is 10.1. The van der Waals surface area contributed by atoms with Crippen LogP contribution in [0.5, 0.6) is 5.75 Å². The van der Waals surface area contributed by atoms with Gasteiger partial charge in [-0.15, -0.1) is 0 Å². The van der Waals surface area contributed by atoms with E-state index in [1.807, 2.05) is 50.2 Å². The molecule has 0 aliphatic carbocycles. The van der Waals surface area contributed by atoms with Crippen molar-refractivity contribution in [3.63, 3.8) is 0 Å². The number of aliphatic hydroxyl groups is 1. The topological polar surface area (TPSA) is 70.1 Å². The molecular weight excluding hydrogens is 460 g/mol. The number of aliphatic hydroxyl groups excluding tert-OH is 1. The molecule has 2 aromatic carbocycles. The molecule has 0 spiro atoms. The van der Waals surface area contributed by atoms with Crippen LogP contribution in [0, 0.1) is 0 Å². The van der Waals surface area contributed by atoms with Crippen LogP contribution < -0.4 is 4.74 Å². The lowest BCUT2D eigenvalue weighted by Crippen LogP contribution is -2.35. The first-order valence-corrected chi connectivity index (χ1v) is 11.0. The molecule has 0 bridgehead atoms. The molecule has 2 aromatic rings. The van der Waals surface area contributed by atoms with Gasteiger partial charge in [-0.3, -0.25) is 9.59 Å². The Kier molecular flexibility index (Phi) is 7.51. The molecule has 6 nitrogen and oxygen atoms in total. The van der Waals surface area contributed by atoms with Crippen LogP contribution in [-0.4, -0.2) is 60.4 Å². The molecule has 1 amide bonds. The maximum Gasteiger partial charge on any atom is 0.295 e. The zero-order valence-corrected chi connectivity index (χ0v) is 19.6. The molecule has 3 rings (SSSR count). The molecule has 0 radical (unpaired) electrons. The van der Waals surface area contributed by atoms with Crippen LogP contribution in [0.15, 0.2) is 58.6 Å². The standard InChI is InChI=1S/C24H27BrN2O4/c1-4-14-31-19-10-8-16(9-11-19)22(28)20-21(17-6-5-7-18(25)15-17)27(13-12-26(2)3)24(30)23(20)29/h5-11,15,21,28H,4,12-14H2,1-3H3/b22-20-. The molecule has 1 aliphatic rings. The first kappa shape index (κ1) is 23.0. The highest BCUT2D eigenvalue weighted by Gasteiger charge is 2.45. The zero-order valence-electron chi connectivity index (χ0n) is 18.0. The summed E-state index contributed by atoms with van der Waals surface area (Å²) in [6, 6.07) is 13.7. The Morgan fingerprint density at radius 2 is 1.87 bits per heavy atom. The van der Waals surface area contributed by atoms with Crippen molar-refractivity contribution in [2.24, 2.45) is 0 Å². The highest BCUT2D eigenvalue weighted by atomic mass is 79.9. The average Bonchev–Trinajstić information content (AvgIpc) is 3.01. The SMILES string of the molecule is CCCOc1ccc(/C(O)=C2/C(=O)C(=O)N(CCN(C)C)C2c2cccc(Br)c2)cc1. The third-order valence-electron chi connectivity index (χ3n) is 5.09. The predicted molar refractivity (Wildman–Crippen MR) is 124 cm³/mol. The summed E-state index contributed by atoms with van der Waals surface area (Å²) in [5, 5.41) is 11.1. The number of hydrogen-bond donors (Lipinski definition) is 1. The van der Waals surface area contributed by atoms with Crippen LogP contribution in [0.25, 0.3) is 5.76 Å². The average molecular weight is 487 g/mol. The van der Waals surface area contributed by atoms with E-state index in [0.29, 0.717) is 31.0 Å². The number of ether oxygens (including phenoxy) is 1. The summed E-state index contributed by atoms with van der Waals surface area (Å²) in [5.41, 5.74) is 1.33. The predicted octanol–water partition coefficient (Wildman–Crippen LogP) is 4.22. The summed E-state index contributed by atoms with van der Waals surface area (Å²) in [6.07, 6.45) is 0.894. The van der Waals surface area contributed by atoms with E-state index in [2.05, 4.69) is 15.9 Å². The monoisotopic (exact) mass is 486 g/mol. The number of benzene rings is 2. The Labute approximate surface area is 191 Å². The minimum absolute atomic E-state index is 0.101. The van der Waals surface area contributed by atoms with Crippen molar-refractivity contribution in [3.8, 4) is 5.75 Å². The summed E-state index contributed by atoms with van der Waals surface area (Å²) >= 11 is 3.46. The van der Waals surface area contributed by atoms with Gasteiger partial charge >= 0.3 is 0 Å². The number of rotatable bonds is 8. The molecule has 1 N–H and O–H groups in total. The molecule has 1 aliphatic heterocycles. The molecule has 1 saturated heterocycles. The van der Waals surface area contributed by atoms with Crippen LogP contribution in [-0.2, 0) is 9.59 Å². The third-order valence-corrected chi connectivity index (χ3v) is 5.59. The molecule has 31 heavy (non-hydrogen) atoms. The summed E-state index contributed by atoms with van der Waals surface area (Å²) in [6.45, 7) is 3.60.